The molecule has 3 aromatic heterocycles. The summed E-state index contributed by atoms with van der Waals surface area (Å²) in [5, 5.41) is 13.6. The maximum atomic E-state index is 12.1. The number of amides is 1. The monoisotopic (exact) mass is 701 g/mol. The second-order valence-corrected chi connectivity index (χ2v) is 17.5. The van der Waals surface area contributed by atoms with Gasteiger partial charge in [-0.15, -0.1) is 0 Å². The Kier molecular flexibility index (Phi) is 11.5. The molecule has 49 heavy (non-hydrogen) atoms. The summed E-state index contributed by atoms with van der Waals surface area (Å²) in [6, 6.07) is 22.9. The molecule has 0 aliphatic carbocycles. The fraction of sp³-hybridized carbons (Fsp3) is 0.361. The molecule has 0 fully saturated rings. The SMILES string of the molecule is CCC[C@@H](CCO[Si](c1ccccc1)(c1ccccc1)C(C)(C)C)Nc1nc(NC(=O)OC)nc2cnn(Cc3cnc(Cl)cc3OC)c12. The number of nitrogens with zero attached hydrogens (tertiary/aromatic N) is 5. The van der Waals surface area contributed by atoms with Gasteiger partial charge in [-0.05, 0) is 28.3 Å². The number of methoxy groups -OCH3 is 2. The molecule has 0 aliphatic rings. The highest BCUT2D eigenvalue weighted by molar-refractivity contribution is 6.99. The van der Waals surface area contributed by atoms with Gasteiger partial charge in [-0.25, -0.2) is 14.8 Å². The molecule has 2 aromatic carbocycles. The number of rotatable bonds is 14. The molecule has 0 spiro atoms. The van der Waals surface area contributed by atoms with Crippen LogP contribution in [0.4, 0.5) is 16.6 Å². The third kappa shape index (κ3) is 8.04. The van der Waals surface area contributed by atoms with Crippen LogP contribution in [0.2, 0.25) is 10.2 Å². The molecule has 13 heteroatoms. The molecule has 11 nitrogen and oxygen atoms in total. The largest absolute Gasteiger partial charge is 0.496 e. The first-order chi connectivity index (χ1) is 23.6. The van der Waals surface area contributed by atoms with Gasteiger partial charge < -0.3 is 19.2 Å². The zero-order valence-corrected chi connectivity index (χ0v) is 30.6. The van der Waals surface area contributed by atoms with E-state index in [0.717, 1.165) is 18.4 Å². The van der Waals surface area contributed by atoms with Gasteiger partial charge >= 0.3 is 6.09 Å². The first kappa shape index (κ1) is 35.8. The van der Waals surface area contributed by atoms with E-state index in [9.17, 15) is 4.79 Å². The summed E-state index contributed by atoms with van der Waals surface area (Å²) in [5.74, 6) is 1.22. The lowest BCUT2D eigenvalue weighted by atomic mass is 10.1. The second-order valence-electron chi connectivity index (χ2n) is 12.8. The highest BCUT2D eigenvalue weighted by Crippen LogP contribution is 2.37. The topological polar surface area (TPSA) is 125 Å². The maximum Gasteiger partial charge on any atom is 0.413 e. The summed E-state index contributed by atoms with van der Waals surface area (Å²) in [6.07, 6.45) is 5.15. The fourth-order valence-corrected chi connectivity index (χ4v) is 11.0. The highest BCUT2D eigenvalue weighted by atomic mass is 35.5. The smallest absolute Gasteiger partial charge is 0.413 e. The van der Waals surface area contributed by atoms with Crippen molar-refractivity contribution in [2.45, 2.75) is 64.6 Å². The van der Waals surface area contributed by atoms with Crippen molar-refractivity contribution < 1.29 is 18.7 Å². The van der Waals surface area contributed by atoms with Crippen molar-refractivity contribution in [3.05, 3.63) is 89.8 Å². The Balaban J connectivity index is 1.49. The molecule has 258 valence electrons. The number of benzene rings is 2. The lowest BCUT2D eigenvalue weighted by Crippen LogP contribution is -2.66. The number of fused-ring (bicyclic) bond motifs is 1. The molecule has 2 N–H and O–H groups in total. The average molecular weight is 702 g/mol. The number of anilines is 2. The minimum Gasteiger partial charge on any atom is -0.496 e. The van der Waals surface area contributed by atoms with E-state index in [1.807, 2.05) is 12.1 Å². The predicted octanol–water partition coefficient (Wildman–Crippen LogP) is 6.66. The fourth-order valence-electron chi connectivity index (χ4n) is 6.28. The molecule has 0 saturated heterocycles. The van der Waals surface area contributed by atoms with E-state index in [2.05, 4.69) is 102 Å². The van der Waals surface area contributed by atoms with Crippen molar-refractivity contribution in [2.24, 2.45) is 0 Å². The minimum atomic E-state index is -2.72. The van der Waals surface area contributed by atoms with Crippen molar-refractivity contribution in [1.82, 2.24) is 24.7 Å². The van der Waals surface area contributed by atoms with Crippen LogP contribution >= 0.6 is 11.6 Å². The van der Waals surface area contributed by atoms with Crippen molar-refractivity contribution in [1.29, 1.82) is 0 Å². The lowest BCUT2D eigenvalue weighted by molar-refractivity contribution is 0.186. The van der Waals surface area contributed by atoms with Crippen LogP contribution in [0.1, 0.15) is 52.5 Å². The predicted molar refractivity (Wildman–Crippen MR) is 197 cm³/mol. The molecular formula is C36H44ClN7O4Si. The highest BCUT2D eigenvalue weighted by Gasteiger charge is 2.50. The molecule has 1 amide bonds. The zero-order valence-electron chi connectivity index (χ0n) is 28.9. The first-order valence-corrected chi connectivity index (χ1v) is 18.7. The number of pyridine rings is 1. The standard InChI is InChI=1S/C36H44ClN7O4Si/c1-7-14-26(19-20-48-49(36(2,3)4,27-15-10-8-11-16-27)28-17-12-9-13-18-28)40-33-32-29(41-34(42-33)43-35(45)47-6)23-39-44(32)24-25-22-38-31(37)21-30(25)46-5/h8-13,15-18,21-23,26H,7,14,19-20,24H2,1-6H3,(H2,40,41,42,43,45)/t26-/m0/s1. The summed E-state index contributed by atoms with van der Waals surface area (Å²) in [5.41, 5.74) is 1.99. The third-order valence-corrected chi connectivity index (χ3v) is 13.8. The van der Waals surface area contributed by atoms with Crippen LogP contribution in [0, 0.1) is 0 Å². The lowest BCUT2D eigenvalue weighted by Gasteiger charge is -2.43. The zero-order chi connectivity index (χ0) is 35.0. The molecule has 0 radical (unpaired) electrons. The molecule has 0 aliphatic heterocycles. The van der Waals surface area contributed by atoms with Crippen molar-refractivity contribution >= 4 is 59.2 Å². The van der Waals surface area contributed by atoms with Crippen molar-refractivity contribution in [3.8, 4) is 5.75 Å². The number of aromatic nitrogens is 5. The van der Waals surface area contributed by atoms with Gasteiger partial charge in [0.1, 0.15) is 21.9 Å². The van der Waals surface area contributed by atoms with Gasteiger partial charge in [-0.2, -0.15) is 10.1 Å². The summed E-state index contributed by atoms with van der Waals surface area (Å²) >= 11 is 6.12. The quantitative estimate of drug-likeness (QED) is 0.0966. The van der Waals surface area contributed by atoms with Crippen LogP contribution in [0.3, 0.4) is 0 Å². The molecule has 3 heterocycles. The van der Waals surface area contributed by atoms with E-state index >= 15 is 0 Å². The Morgan fingerprint density at radius 1 is 0.980 bits per heavy atom. The number of carbonyl (C=O) groups excluding carboxylic acids is 1. The summed E-state index contributed by atoms with van der Waals surface area (Å²) in [6.45, 7) is 9.84. The molecule has 1 atom stereocenters. The van der Waals surface area contributed by atoms with E-state index < -0.39 is 14.4 Å². The van der Waals surface area contributed by atoms with Gasteiger partial charge in [0.25, 0.3) is 8.32 Å². The number of halogens is 1. The summed E-state index contributed by atoms with van der Waals surface area (Å²) in [4.78, 5) is 25.7. The molecular weight excluding hydrogens is 658 g/mol. The van der Waals surface area contributed by atoms with Gasteiger partial charge in [-0.3, -0.25) is 10.00 Å². The van der Waals surface area contributed by atoms with Crippen LogP contribution in [0.25, 0.3) is 11.0 Å². The van der Waals surface area contributed by atoms with Gasteiger partial charge in [0.15, 0.2) is 5.82 Å². The normalized spacial score (nSPS) is 12.5. The Morgan fingerprint density at radius 2 is 1.65 bits per heavy atom. The van der Waals surface area contributed by atoms with E-state index in [-0.39, 0.29) is 17.0 Å². The maximum absolute atomic E-state index is 12.1. The Labute approximate surface area is 293 Å². The van der Waals surface area contributed by atoms with Crippen LogP contribution in [-0.4, -0.2) is 66.0 Å². The first-order valence-electron chi connectivity index (χ1n) is 16.4. The third-order valence-electron chi connectivity index (χ3n) is 8.52. The van der Waals surface area contributed by atoms with Gasteiger partial charge in [-0.1, -0.05) is 106 Å². The molecule has 0 unspecified atom stereocenters. The van der Waals surface area contributed by atoms with Gasteiger partial charge in [0.2, 0.25) is 5.95 Å². The Morgan fingerprint density at radius 3 is 2.24 bits per heavy atom. The van der Waals surface area contributed by atoms with E-state index in [4.69, 9.17) is 30.5 Å². The Hall–Kier alpha value is -4.52. The molecule has 5 rings (SSSR count). The molecule has 5 aromatic rings. The van der Waals surface area contributed by atoms with Gasteiger partial charge in [0, 0.05) is 30.5 Å². The van der Waals surface area contributed by atoms with Crippen LogP contribution < -0.4 is 25.7 Å². The number of nitrogens with one attached hydrogen (secondary N) is 2. The van der Waals surface area contributed by atoms with Gasteiger partial charge in [0.05, 0.1) is 27.0 Å². The number of carbonyl (C=O) groups is 1. The molecule has 0 saturated carbocycles. The van der Waals surface area contributed by atoms with Crippen molar-refractivity contribution in [2.75, 3.05) is 31.5 Å². The number of hydrogen-bond donors (Lipinski definition) is 2. The van der Waals surface area contributed by atoms with E-state index in [0.29, 0.717) is 47.3 Å². The summed E-state index contributed by atoms with van der Waals surface area (Å²) in [7, 11) is 0.161. The molecule has 0 bridgehead atoms. The van der Waals surface area contributed by atoms with E-state index in [1.165, 1.54) is 17.5 Å². The van der Waals surface area contributed by atoms with E-state index in [1.54, 1.807) is 30.3 Å². The summed E-state index contributed by atoms with van der Waals surface area (Å²) < 4.78 is 19.4. The number of ether oxygens (including phenoxy) is 2. The van der Waals surface area contributed by atoms with Crippen LogP contribution in [0.5, 0.6) is 5.75 Å². The Bertz CT molecular complexity index is 1810. The average Bonchev–Trinajstić information content (AvgIpc) is 3.50. The minimum absolute atomic E-state index is 0.0117. The number of hydrogen-bond acceptors (Lipinski definition) is 9. The van der Waals surface area contributed by atoms with Crippen molar-refractivity contribution in [3.63, 3.8) is 0 Å². The van der Waals surface area contributed by atoms with Crippen LogP contribution in [-0.2, 0) is 15.7 Å². The van der Waals surface area contributed by atoms with Crippen LogP contribution in [0.15, 0.2) is 79.1 Å². The second kappa shape index (κ2) is 15.8.